The van der Waals surface area contributed by atoms with Gasteiger partial charge in [0.25, 0.3) is 0 Å². The van der Waals surface area contributed by atoms with Gasteiger partial charge in [0.05, 0.1) is 6.54 Å². The van der Waals surface area contributed by atoms with E-state index in [1.54, 1.807) is 6.08 Å². The molecule has 0 N–H and O–H groups in total. The first-order valence-corrected chi connectivity index (χ1v) is 4.92. The summed E-state index contributed by atoms with van der Waals surface area (Å²) in [6.07, 6.45) is 1.55. The lowest BCUT2D eigenvalue weighted by Crippen LogP contribution is -1.86. The van der Waals surface area contributed by atoms with Gasteiger partial charge in [-0.3, -0.25) is 0 Å². The van der Waals surface area contributed by atoms with Gasteiger partial charge in [0.15, 0.2) is 0 Å². The van der Waals surface area contributed by atoms with Crippen LogP contribution >= 0.6 is 0 Å². The van der Waals surface area contributed by atoms with Crippen LogP contribution in [-0.4, -0.2) is 6.08 Å². The highest BCUT2D eigenvalue weighted by Crippen LogP contribution is 2.19. The highest BCUT2D eigenvalue weighted by molar-refractivity contribution is 5.66. The van der Waals surface area contributed by atoms with Gasteiger partial charge in [0.2, 0.25) is 6.08 Å². The third-order valence-electron chi connectivity index (χ3n) is 2.44. The topological polar surface area (TPSA) is 29.4 Å². The van der Waals surface area contributed by atoms with Crippen LogP contribution in [0.5, 0.6) is 0 Å². The summed E-state index contributed by atoms with van der Waals surface area (Å²) in [5.74, 6) is 0. The van der Waals surface area contributed by atoms with Crippen molar-refractivity contribution < 1.29 is 4.79 Å². The first kappa shape index (κ1) is 11.4. The number of hydrogen-bond donors (Lipinski definition) is 0. The molecule has 0 unspecified atom stereocenters. The van der Waals surface area contributed by atoms with Crippen molar-refractivity contribution in [1.29, 1.82) is 0 Å². The predicted octanol–water partition coefficient (Wildman–Crippen LogP) is 3.34. The zero-order valence-corrected chi connectivity index (χ0v) is 9.37. The molecule has 0 bridgehead atoms. The van der Waals surface area contributed by atoms with Gasteiger partial charge >= 0.3 is 0 Å². The standard InChI is InChI=1S/C13H15NO/c1-10(2)11(3)13-6-4-5-12(7-13)8-14-9-15/h4-7H,8H2,1-3H3. The molecule has 0 heterocycles. The van der Waals surface area contributed by atoms with Crippen LogP contribution in [0.25, 0.3) is 5.57 Å². The number of rotatable bonds is 3. The Labute approximate surface area is 90.4 Å². The number of carbonyl (C=O) groups excluding carboxylic acids is 1. The highest BCUT2D eigenvalue weighted by Gasteiger charge is 1.98. The smallest absolute Gasteiger partial charge is 0.211 e. The van der Waals surface area contributed by atoms with Gasteiger partial charge < -0.3 is 0 Å². The second kappa shape index (κ2) is 5.28. The quantitative estimate of drug-likeness (QED) is 0.544. The Bertz CT molecular complexity index is 422. The van der Waals surface area contributed by atoms with Gasteiger partial charge in [-0.1, -0.05) is 23.8 Å². The number of isocyanates is 1. The van der Waals surface area contributed by atoms with E-state index in [1.807, 2.05) is 12.1 Å². The minimum atomic E-state index is 0.410. The van der Waals surface area contributed by atoms with Gasteiger partial charge in [0, 0.05) is 0 Å². The third kappa shape index (κ3) is 3.19. The lowest BCUT2D eigenvalue weighted by molar-refractivity contribution is 0.563. The van der Waals surface area contributed by atoms with Crippen molar-refractivity contribution in [2.24, 2.45) is 4.99 Å². The van der Waals surface area contributed by atoms with Crippen LogP contribution < -0.4 is 0 Å². The van der Waals surface area contributed by atoms with E-state index in [0.29, 0.717) is 6.54 Å². The Balaban J connectivity index is 3.02. The summed E-state index contributed by atoms with van der Waals surface area (Å²) >= 11 is 0. The molecule has 0 saturated carbocycles. The van der Waals surface area contributed by atoms with Gasteiger partial charge in [-0.05, 0) is 43.5 Å². The van der Waals surface area contributed by atoms with E-state index in [1.165, 1.54) is 16.7 Å². The Morgan fingerprint density at radius 1 is 1.33 bits per heavy atom. The Morgan fingerprint density at radius 2 is 2.07 bits per heavy atom. The fourth-order valence-corrected chi connectivity index (χ4v) is 1.32. The molecule has 1 aromatic rings. The summed E-state index contributed by atoms with van der Waals surface area (Å²) in [6, 6.07) is 8.07. The lowest BCUT2D eigenvalue weighted by atomic mass is 10.0. The van der Waals surface area contributed by atoms with Crippen LogP contribution in [-0.2, 0) is 11.3 Å². The number of nitrogens with zero attached hydrogens (tertiary/aromatic N) is 1. The van der Waals surface area contributed by atoms with Gasteiger partial charge in [-0.15, -0.1) is 0 Å². The van der Waals surface area contributed by atoms with Crippen LogP contribution in [0.2, 0.25) is 0 Å². The Hall–Kier alpha value is -1.66. The maximum atomic E-state index is 10.0. The molecule has 0 aliphatic rings. The Kier molecular flexibility index (Phi) is 4.02. The van der Waals surface area contributed by atoms with E-state index in [4.69, 9.17) is 0 Å². The van der Waals surface area contributed by atoms with E-state index < -0.39 is 0 Å². The zero-order valence-electron chi connectivity index (χ0n) is 9.37. The molecule has 15 heavy (non-hydrogen) atoms. The summed E-state index contributed by atoms with van der Waals surface area (Å²) in [5, 5.41) is 0. The van der Waals surface area contributed by atoms with Gasteiger partial charge in [-0.2, -0.15) is 0 Å². The first-order chi connectivity index (χ1) is 7.15. The molecule has 0 spiro atoms. The summed E-state index contributed by atoms with van der Waals surface area (Å²) in [4.78, 5) is 13.6. The molecule has 0 radical (unpaired) electrons. The summed E-state index contributed by atoms with van der Waals surface area (Å²) in [6.45, 7) is 6.68. The van der Waals surface area contributed by atoms with Crippen LogP contribution in [0.3, 0.4) is 0 Å². The molecular weight excluding hydrogens is 186 g/mol. The maximum absolute atomic E-state index is 10.0. The van der Waals surface area contributed by atoms with Crippen molar-refractivity contribution in [3.8, 4) is 0 Å². The highest BCUT2D eigenvalue weighted by atomic mass is 16.1. The van der Waals surface area contributed by atoms with E-state index in [2.05, 4.69) is 37.9 Å². The fraction of sp³-hybridized carbons (Fsp3) is 0.308. The lowest BCUT2D eigenvalue weighted by Gasteiger charge is -2.05. The van der Waals surface area contributed by atoms with E-state index in [9.17, 15) is 4.79 Å². The molecule has 0 atom stereocenters. The largest absolute Gasteiger partial charge is 0.235 e. The molecule has 0 fully saturated rings. The minimum absolute atomic E-state index is 0.410. The molecule has 0 aliphatic carbocycles. The van der Waals surface area contributed by atoms with E-state index >= 15 is 0 Å². The molecule has 2 nitrogen and oxygen atoms in total. The average Bonchev–Trinajstić information content (AvgIpc) is 2.25. The molecule has 78 valence electrons. The first-order valence-electron chi connectivity index (χ1n) is 4.92. The van der Waals surface area contributed by atoms with E-state index in [0.717, 1.165) is 5.56 Å². The molecule has 0 saturated heterocycles. The number of hydrogen-bond acceptors (Lipinski definition) is 2. The normalized spacial score (nSPS) is 9.27. The summed E-state index contributed by atoms with van der Waals surface area (Å²) in [5.41, 5.74) is 4.79. The molecular formula is C13H15NO. The van der Waals surface area contributed by atoms with Crippen LogP contribution in [0.4, 0.5) is 0 Å². The van der Waals surface area contributed by atoms with Crippen molar-refractivity contribution in [3.63, 3.8) is 0 Å². The van der Waals surface area contributed by atoms with Crippen molar-refractivity contribution in [2.75, 3.05) is 0 Å². The van der Waals surface area contributed by atoms with Crippen molar-refractivity contribution in [2.45, 2.75) is 27.3 Å². The Morgan fingerprint density at radius 3 is 2.67 bits per heavy atom. The SMILES string of the molecule is CC(C)=C(C)c1cccc(CN=C=O)c1. The number of benzene rings is 1. The maximum Gasteiger partial charge on any atom is 0.235 e. The average molecular weight is 201 g/mol. The minimum Gasteiger partial charge on any atom is -0.211 e. The van der Waals surface area contributed by atoms with E-state index in [-0.39, 0.29) is 0 Å². The monoisotopic (exact) mass is 201 g/mol. The van der Waals surface area contributed by atoms with Crippen LogP contribution in [0, 0.1) is 0 Å². The predicted molar refractivity (Wildman–Crippen MR) is 62.2 cm³/mol. The van der Waals surface area contributed by atoms with Crippen molar-refractivity contribution >= 4 is 11.7 Å². The summed E-state index contributed by atoms with van der Waals surface area (Å²) < 4.78 is 0. The molecule has 0 aromatic heterocycles. The van der Waals surface area contributed by atoms with Crippen molar-refractivity contribution in [1.82, 2.24) is 0 Å². The third-order valence-corrected chi connectivity index (χ3v) is 2.44. The molecule has 1 aromatic carbocycles. The number of aliphatic imine (C=N–C) groups is 1. The molecule has 1 rings (SSSR count). The van der Waals surface area contributed by atoms with Gasteiger partial charge in [-0.25, -0.2) is 9.79 Å². The number of allylic oxidation sites excluding steroid dienone is 2. The van der Waals surface area contributed by atoms with Crippen LogP contribution in [0.1, 0.15) is 31.9 Å². The fourth-order valence-electron chi connectivity index (χ4n) is 1.32. The molecule has 0 amide bonds. The van der Waals surface area contributed by atoms with Crippen molar-refractivity contribution in [3.05, 3.63) is 41.0 Å². The second-order valence-corrected chi connectivity index (χ2v) is 3.73. The van der Waals surface area contributed by atoms with Crippen LogP contribution in [0.15, 0.2) is 34.8 Å². The zero-order chi connectivity index (χ0) is 11.3. The summed E-state index contributed by atoms with van der Waals surface area (Å²) in [7, 11) is 0. The molecule has 0 aliphatic heterocycles. The second-order valence-electron chi connectivity index (χ2n) is 3.73. The van der Waals surface area contributed by atoms with Gasteiger partial charge in [0.1, 0.15) is 0 Å². The molecule has 2 heteroatoms.